The van der Waals surface area contributed by atoms with E-state index in [1.54, 1.807) is 18.2 Å². The zero-order chi connectivity index (χ0) is 14.3. The van der Waals surface area contributed by atoms with Gasteiger partial charge in [0, 0.05) is 23.4 Å². The largest absolute Gasteiger partial charge is 0.399 e. The van der Waals surface area contributed by atoms with Crippen LogP contribution in [0.3, 0.4) is 0 Å². The van der Waals surface area contributed by atoms with Crippen LogP contribution in [0.1, 0.15) is 0 Å². The van der Waals surface area contributed by atoms with Gasteiger partial charge in [0.2, 0.25) is 0 Å². The van der Waals surface area contributed by atoms with Crippen molar-refractivity contribution in [1.29, 1.82) is 0 Å². The van der Waals surface area contributed by atoms with Crippen LogP contribution in [0.2, 0.25) is 5.02 Å². The summed E-state index contributed by atoms with van der Waals surface area (Å²) in [6.45, 7) is 0. The molecule has 20 heavy (non-hydrogen) atoms. The fourth-order valence-corrected chi connectivity index (χ4v) is 2.17. The molecule has 0 bridgehead atoms. The first-order valence-electron chi connectivity index (χ1n) is 5.74. The number of aromatic nitrogens is 2. The normalized spacial score (nSPS) is 10.8. The molecule has 1 heterocycles. The number of nitrogens with two attached hydrogens (primary N) is 1. The molecule has 2 aromatic carbocycles. The highest BCUT2D eigenvalue weighted by molar-refractivity contribution is 6.33. The van der Waals surface area contributed by atoms with Gasteiger partial charge in [-0.3, -0.25) is 10.1 Å². The molecule has 0 unspecified atom stereocenters. The summed E-state index contributed by atoms with van der Waals surface area (Å²) in [5.74, 6) is 0.472. The fraction of sp³-hybridized carbons (Fsp3) is 0. The van der Waals surface area contributed by atoms with Crippen LogP contribution in [-0.2, 0) is 0 Å². The summed E-state index contributed by atoms with van der Waals surface area (Å²) in [6.07, 6.45) is 0. The van der Waals surface area contributed by atoms with Crippen molar-refractivity contribution in [2.45, 2.75) is 0 Å². The van der Waals surface area contributed by atoms with E-state index in [1.807, 2.05) is 0 Å². The lowest BCUT2D eigenvalue weighted by Crippen LogP contribution is -1.90. The number of nitrogens with one attached hydrogen (secondary N) is 1. The summed E-state index contributed by atoms with van der Waals surface area (Å²) in [5.41, 5.74) is 8.23. The number of hydrogen-bond donors (Lipinski definition) is 2. The molecule has 7 heteroatoms. The number of H-pyrrole nitrogens is 1. The first-order valence-corrected chi connectivity index (χ1v) is 6.12. The number of benzene rings is 2. The van der Waals surface area contributed by atoms with Crippen molar-refractivity contribution in [3.63, 3.8) is 0 Å². The minimum Gasteiger partial charge on any atom is -0.399 e. The van der Waals surface area contributed by atoms with Crippen LogP contribution in [0, 0.1) is 10.1 Å². The number of halogens is 1. The van der Waals surface area contributed by atoms with Gasteiger partial charge >= 0.3 is 0 Å². The number of nitro groups is 1. The molecule has 0 radical (unpaired) electrons. The molecule has 0 fully saturated rings. The van der Waals surface area contributed by atoms with Crippen molar-refractivity contribution in [2.24, 2.45) is 0 Å². The van der Waals surface area contributed by atoms with Crippen molar-refractivity contribution < 1.29 is 4.92 Å². The van der Waals surface area contributed by atoms with Gasteiger partial charge in [0.25, 0.3) is 5.69 Å². The number of hydrogen-bond acceptors (Lipinski definition) is 4. The highest BCUT2D eigenvalue weighted by Crippen LogP contribution is 2.31. The van der Waals surface area contributed by atoms with Crippen molar-refractivity contribution in [3.05, 3.63) is 51.5 Å². The molecule has 0 saturated carbocycles. The number of nitro benzene ring substituents is 1. The van der Waals surface area contributed by atoms with Crippen LogP contribution in [-0.4, -0.2) is 14.9 Å². The second kappa shape index (κ2) is 4.50. The van der Waals surface area contributed by atoms with E-state index in [0.29, 0.717) is 22.1 Å². The molecule has 0 spiro atoms. The Morgan fingerprint density at radius 2 is 2.05 bits per heavy atom. The van der Waals surface area contributed by atoms with E-state index in [4.69, 9.17) is 17.3 Å². The number of nitrogens with zero attached hydrogens (tertiary/aromatic N) is 2. The van der Waals surface area contributed by atoms with Gasteiger partial charge in [-0.05, 0) is 24.3 Å². The third-order valence-electron chi connectivity index (χ3n) is 2.92. The quantitative estimate of drug-likeness (QED) is 0.429. The van der Waals surface area contributed by atoms with Crippen LogP contribution in [0.4, 0.5) is 11.4 Å². The monoisotopic (exact) mass is 288 g/mol. The number of imidazole rings is 1. The standard InChI is InChI=1S/C13H9ClN4O2/c14-10-3-2-8(18(19)20)6-9(10)13-16-11-4-1-7(15)5-12(11)17-13/h1-6H,15H2,(H,16,17). The molecule has 0 aliphatic rings. The van der Waals surface area contributed by atoms with Gasteiger partial charge in [0.05, 0.1) is 21.0 Å². The predicted molar refractivity (Wildman–Crippen MR) is 77.6 cm³/mol. The molecule has 0 atom stereocenters. The third-order valence-corrected chi connectivity index (χ3v) is 3.25. The number of fused-ring (bicyclic) bond motifs is 1. The summed E-state index contributed by atoms with van der Waals surface area (Å²) >= 11 is 6.09. The van der Waals surface area contributed by atoms with Gasteiger partial charge in [-0.2, -0.15) is 0 Å². The summed E-state index contributed by atoms with van der Waals surface area (Å²) in [5, 5.41) is 11.2. The third kappa shape index (κ3) is 2.06. The van der Waals surface area contributed by atoms with E-state index < -0.39 is 4.92 Å². The van der Waals surface area contributed by atoms with Crippen LogP contribution in [0.25, 0.3) is 22.4 Å². The maximum atomic E-state index is 10.8. The molecule has 1 aromatic heterocycles. The molecule has 100 valence electrons. The summed E-state index contributed by atoms with van der Waals surface area (Å²) in [6, 6.07) is 9.49. The SMILES string of the molecule is Nc1ccc2nc(-c3cc([N+](=O)[O-])ccc3Cl)[nH]c2c1. The average Bonchev–Trinajstić information content (AvgIpc) is 2.81. The van der Waals surface area contributed by atoms with E-state index in [1.165, 1.54) is 18.2 Å². The molecule has 3 N–H and O–H groups in total. The van der Waals surface area contributed by atoms with E-state index in [0.717, 1.165) is 11.0 Å². The van der Waals surface area contributed by atoms with E-state index in [9.17, 15) is 10.1 Å². The molecular formula is C13H9ClN4O2. The summed E-state index contributed by atoms with van der Waals surface area (Å²) < 4.78 is 0. The molecule has 3 aromatic rings. The average molecular weight is 289 g/mol. The van der Waals surface area contributed by atoms with Crippen LogP contribution in [0.15, 0.2) is 36.4 Å². The van der Waals surface area contributed by atoms with Crippen molar-refractivity contribution in [2.75, 3.05) is 5.73 Å². The van der Waals surface area contributed by atoms with Crippen LogP contribution in [0.5, 0.6) is 0 Å². The molecule has 3 rings (SSSR count). The fourth-order valence-electron chi connectivity index (χ4n) is 1.96. The molecular weight excluding hydrogens is 280 g/mol. The van der Waals surface area contributed by atoms with Crippen molar-refractivity contribution in [3.8, 4) is 11.4 Å². The van der Waals surface area contributed by atoms with Gasteiger partial charge in [-0.15, -0.1) is 0 Å². The lowest BCUT2D eigenvalue weighted by molar-refractivity contribution is -0.384. The van der Waals surface area contributed by atoms with Gasteiger partial charge in [-0.25, -0.2) is 4.98 Å². The molecule has 0 amide bonds. The highest BCUT2D eigenvalue weighted by Gasteiger charge is 2.14. The van der Waals surface area contributed by atoms with E-state index in [-0.39, 0.29) is 5.69 Å². The van der Waals surface area contributed by atoms with Gasteiger partial charge in [-0.1, -0.05) is 11.6 Å². The Hall–Kier alpha value is -2.60. The second-order valence-corrected chi connectivity index (χ2v) is 4.69. The molecule has 0 aliphatic heterocycles. The Kier molecular flexibility index (Phi) is 2.80. The lowest BCUT2D eigenvalue weighted by atomic mass is 10.2. The number of anilines is 1. The molecule has 6 nitrogen and oxygen atoms in total. The number of aromatic amines is 1. The van der Waals surface area contributed by atoms with Crippen LogP contribution >= 0.6 is 11.6 Å². The Morgan fingerprint density at radius 3 is 2.80 bits per heavy atom. The van der Waals surface area contributed by atoms with E-state index >= 15 is 0 Å². The Labute approximate surface area is 118 Å². The smallest absolute Gasteiger partial charge is 0.270 e. The lowest BCUT2D eigenvalue weighted by Gasteiger charge is -2.00. The molecule has 0 saturated heterocycles. The molecule has 0 aliphatic carbocycles. The van der Waals surface area contributed by atoms with E-state index in [2.05, 4.69) is 9.97 Å². The second-order valence-electron chi connectivity index (χ2n) is 4.28. The van der Waals surface area contributed by atoms with Gasteiger partial charge in [0.1, 0.15) is 5.82 Å². The number of rotatable bonds is 2. The maximum Gasteiger partial charge on any atom is 0.270 e. The van der Waals surface area contributed by atoms with Crippen LogP contribution < -0.4 is 5.73 Å². The minimum absolute atomic E-state index is 0.0376. The van der Waals surface area contributed by atoms with Gasteiger partial charge < -0.3 is 10.7 Å². The Morgan fingerprint density at radius 1 is 1.25 bits per heavy atom. The first-order chi connectivity index (χ1) is 9.54. The predicted octanol–water partition coefficient (Wildman–Crippen LogP) is 3.37. The van der Waals surface area contributed by atoms with Crippen molar-refractivity contribution in [1.82, 2.24) is 9.97 Å². The maximum absolute atomic E-state index is 10.8. The first kappa shape index (κ1) is 12.4. The Balaban J connectivity index is 2.19. The minimum atomic E-state index is -0.472. The zero-order valence-electron chi connectivity index (χ0n) is 10.1. The summed E-state index contributed by atoms with van der Waals surface area (Å²) in [4.78, 5) is 17.8. The number of non-ortho nitro benzene ring substituents is 1. The van der Waals surface area contributed by atoms with Gasteiger partial charge in [0.15, 0.2) is 0 Å². The highest BCUT2D eigenvalue weighted by atomic mass is 35.5. The zero-order valence-corrected chi connectivity index (χ0v) is 10.9. The van der Waals surface area contributed by atoms with Crippen molar-refractivity contribution >= 4 is 34.0 Å². The topological polar surface area (TPSA) is 97.8 Å². The summed E-state index contributed by atoms with van der Waals surface area (Å²) in [7, 11) is 0. The number of nitrogen functional groups attached to an aromatic ring is 1. The Bertz CT molecular complexity index is 828.